The number of hydrogen-bond acceptors (Lipinski definition) is 0. The molecule has 0 aromatic rings. The van der Waals surface area contributed by atoms with Crippen LogP contribution in [0.2, 0.25) is 0 Å². The summed E-state index contributed by atoms with van der Waals surface area (Å²) in [5.41, 5.74) is 0. The van der Waals surface area contributed by atoms with E-state index in [4.69, 9.17) is 0 Å². The molecule has 0 nitrogen and oxygen atoms in total. The number of rotatable bonds is 0. The summed E-state index contributed by atoms with van der Waals surface area (Å²) in [6, 6.07) is 0. The predicted octanol–water partition coefficient (Wildman–Crippen LogP) is 3.37. The normalized spacial score (nSPS) is 24.0. The van der Waals surface area contributed by atoms with Crippen LogP contribution in [0.3, 0.4) is 0 Å². The molecular formula is C8H18. The molecule has 0 amide bonds. The Morgan fingerprint density at radius 2 is 0.500 bits per heavy atom. The fourth-order valence-corrected chi connectivity index (χ4v) is 1.41. The molecule has 0 unspecified atom stereocenters. The maximum absolute atomic E-state index is 1.50. The fourth-order valence-electron chi connectivity index (χ4n) is 1.41. The van der Waals surface area contributed by atoms with Crippen molar-refractivity contribution in [2.24, 2.45) is 0 Å². The Labute approximate surface area is 53.8 Å². The van der Waals surface area contributed by atoms with Gasteiger partial charge in [-0.05, 0) is 0 Å². The van der Waals surface area contributed by atoms with Gasteiger partial charge in [0.25, 0.3) is 0 Å². The Balaban J connectivity index is 0.000000640. The average molecular weight is 116 g/mol. The molecule has 0 saturated heterocycles. The summed E-state index contributed by atoms with van der Waals surface area (Å²) in [5, 5.41) is 0. The van der Waals surface area contributed by atoms with Crippen molar-refractivity contribution in [1.29, 1.82) is 0 Å². The Bertz CT molecular complexity index is 28.5. The van der Waals surface area contributed by atoms with Gasteiger partial charge in [0.1, 0.15) is 0 Å². The van der Waals surface area contributed by atoms with Gasteiger partial charge < -0.3 is 0 Å². The molecule has 0 bridgehead atoms. The Morgan fingerprint density at radius 1 is 0.375 bits per heavy atom. The van der Waals surface area contributed by atoms with Crippen LogP contribution in [-0.2, 0) is 0 Å². The van der Waals surface area contributed by atoms with E-state index in [1.54, 1.807) is 0 Å². The summed E-state index contributed by atoms with van der Waals surface area (Å²) in [7, 11) is 0. The van der Waals surface area contributed by atoms with Gasteiger partial charge in [-0.2, -0.15) is 0 Å². The first-order valence-electron chi connectivity index (χ1n) is 4.00. The third kappa shape index (κ3) is 2.34. The molecule has 1 saturated carbocycles. The van der Waals surface area contributed by atoms with Crippen LogP contribution in [0.4, 0.5) is 0 Å². The standard InChI is InChI=1S/C8H16.H2/c1-2-4-6-8-7-5-3-1;/h1-8H2;1H/i;1+2. The smallest absolute Gasteiger partial charge is 0 e. The van der Waals surface area contributed by atoms with Gasteiger partial charge in [0.05, 0.1) is 0 Å². The van der Waals surface area contributed by atoms with Gasteiger partial charge in [-0.1, -0.05) is 51.4 Å². The Kier molecular flexibility index (Phi) is 3.01. The minimum atomic E-state index is 0. The zero-order chi connectivity index (χ0) is 5.66. The van der Waals surface area contributed by atoms with Crippen LogP contribution in [0.5, 0.6) is 0 Å². The van der Waals surface area contributed by atoms with Crippen molar-refractivity contribution in [3.05, 3.63) is 0 Å². The van der Waals surface area contributed by atoms with Crippen LogP contribution >= 0.6 is 0 Å². The zero-order valence-corrected chi connectivity index (χ0v) is 5.66. The highest BCUT2D eigenvalue weighted by molar-refractivity contribution is 4.51. The van der Waals surface area contributed by atoms with Crippen molar-refractivity contribution >= 4 is 0 Å². The van der Waals surface area contributed by atoms with E-state index in [1.165, 1.54) is 51.4 Å². The molecule has 0 aromatic heterocycles. The topological polar surface area (TPSA) is 0 Å². The van der Waals surface area contributed by atoms with E-state index >= 15 is 0 Å². The molecule has 50 valence electrons. The second kappa shape index (κ2) is 3.94. The summed E-state index contributed by atoms with van der Waals surface area (Å²) in [6.07, 6.45) is 12.0. The summed E-state index contributed by atoms with van der Waals surface area (Å²) < 4.78 is 0. The molecule has 0 aliphatic heterocycles. The highest BCUT2D eigenvalue weighted by atomic mass is 14.0. The first-order chi connectivity index (χ1) is 4.00. The number of hydrogen-bond donors (Lipinski definition) is 0. The van der Waals surface area contributed by atoms with Crippen LogP contribution < -0.4 is 0 Å². The molecule has 0 atom stereocenters. The lowest BCUT2D eigenvalue weighted by atomic mass is 10.0. The predicted molar refractivity (Wildman–Crippen MR) is 39.0 cm³/mol. The molecule has 1 rings (SSSR count). The monoisotopic (exact) mass is 116 g/mol. The van der Waals surface area contributed by atoms with Gasteiger partial charge in [0.15, 0.2) is 0 Å². The highest BCUT2D eigenvalue weighted by Crippen LogP contribution is 2.15. The fraction of sp³-hybridized carbons (Fsp3) is 1.00. The van der Waals surface area contributed by atoms with E-state index in [2.05, 4.69) is 0 Å². The largest absolute Gasteiger partial charge is 0.0533 e. The second-order valence-electron chi connectivity index (χ2n) is 2.83. The molecule has 0 spiro atoms. The molecule has 1 aliphatic carbocycles. The lowest BCUT2D eigenvalue weighted by Crippen LogP contribution is -1.85. The molecule has 0 aromatic carbocycles. The minimum Gasteiger partial charge on any atom is -0.0533 e. The van der Waals surface area contributed by atoms with E-state index in [1.807, 2.05) is 0 Å². The van der Waals surface area contributed by atoms with Crippen molar-refractivity contribution in [1.82, 2.24) is 0 Å². The Hall–Kier alpha value is 0. The van der Waals surface area contributed by atoms with Crippen LogP contribution in [-0.4, -0.2) is 0 Å². The molecule has 1 aliphatic rings. The summed E-state index contributed by atoms with van der Waals surface area (Å²) in [6.45, 7) is 0. The van der Waals surface area contributed by atoms with Crippen LogP contribution in [0, 0.1) is 0 Å². The van der Waals surface area contributed by atoms with Crippen LogP contribution in [0.1, 0.15) is 52.8 Å². The molecule has 0 radical (unpaired) electrons. The lowest BCUT2D eigenvalue weighted by Gasteiger charge is -2.05. The van der Waals surface area contributed by atoms with E-state index in [-0.39, 0.29) is 1.43 Å². The summed E-state index contributed by atoms with van der Waals surface area (Å²) >= 11 is 0. The maximum Gasteiger partial charge on any atom is 0 e. The van der Waals surface area contributed by atoms with E-state index in [0.717, 1.165) is 0 Å². The van der Waals surface area contributed by atoms with Gasteiger partial charge in [0.2, 0.25) is 0 Å². The molecule has 0 heteroatoms. The molecular weight excluding hydrogens is 96.1 g/mol. The highest BCUT2D eigenvalue weighted by Gasteiger charge is 1.95. The van der Waals surface area contributed by atoms with Gasteiger partial charge in [0, 0.05) is 1.43 Å². The van der Waals surface area contributed by atoms with Crippen molar-refractivity contribution in [3.63, 3.8) is 0 Å². The molecule has 0 heterocycles. The van der Waals surface area contributed by atoms with Gasteiger partial charge in [-0.25, -0.2) is 0 Å². The van der Waals surface area contributed by atoms with Crippen molar-refractivity contribution in [2.75, 3.05) is 0 Å². The van der Waals surface area contributed by atoms with Crippen molar-refractivity contribution in [3.8, 4) is 0 Å². The van der Waals surface area contributed by atoms with E-state index in [9.17, 15) is 0 Å². The maximum atomic E-state index is 1.50. The lowest BCUT2D eigenvalue weighted by molar-refractivity contribution is 0.504. The molecule has 0 N–H and O–H groups in total. The van der Waals surface area contributed by atoms with Crippen molar-refractivity contribution in [2.45, 2.75) is 51.4 Å². The second-order valence-corrected chi connectivity index (χ2v) is 2.83. The zero-order valence-electron chi connectivity index (χ0n) is 5.66. The SMILES string of the molecule is C1CCCCCCC1.[3HH]. The van der Waals surface area contributed by atoms with Crippen LogP contribution in [0.25, 0.3) is 0 Å². The van der Waals surface area contributed by atoms with Crippen LogP contribution in [0.15, 0.2) is 0 Å². The Morgan fingerprint density at radius 3 is 0.625 bits per heavy atom. The van der Waals surface area contributed by atoms with E-state index < -0.39 is 0 Å². The van der Waals surface area contributed by atoms with Crippen molar-refractivity contribution < 1.29 is 1.43 Å². The molecule has 1 fully saturated rings. The first-order valence-corrected chi connectivity index (χ1v) is 4.00. The minimum absolute atomic E-state index is 0. The third-order valence-corrected chi connectivity index (χ3v) is 2.00. The average Bonchev–Trinajstić information content (AvgIpc) is 1.62. The summed E-state index contributed by atoms with van der Waals surface area (Å²) in [4.78, 5) is 0. The van der Waals surface area contributed by atoms with E-state index in [0.29, 0.717) is 0 Å². The first kappa shape index (κ1) is 6.12. The van der Waals surface area contributed by atoms with Gasteiger partial charge in [-0.15, -0.1) is 0 Å². The third-order valence-electron chi connectivity index (χ3n) is 2.00. The quantitative estimate of drug-likeness (QED) is 0.455. The van der Waals surface area contributed by atoms with Gasteiger partial charge in [-0.3, -0.25) is 0 Å². The molecule has 8 heavy (non-hydrogen) atoms. The summed E-state index contributed by atoms with van der Waals surface area (Å²) in [5.74, 6) is 0. The van der Waals surface area contributed by atoms with Gasteiger partial charge >= 0.3 is 0 Å².